The second-order valence-corrected chi connectivity index (χ2v) is 3.94. The highest BCUT2D eigenvalue weighted by molar-refractivity contribution is 7.11. The molecule has 0 aromatic carbocycles. The molecule has 0 aliphatic heterocycles. The summed E-state index contributed by atoms with van der Waals surface area (Å²) in [5.41, 5.74) is 1.61. The molecule has 0 spiro atoms. The van der Waals surface area contributed by atoms with Crippen molar-refractivity contribution >= 4 is 17.2 Å². The van der Waals surface area contributed by atoms with Gasteiger partial charge in [-0.1, -0.05) is 0 Å². The van der Waals surface area contributed by atoms with Gasteiger partial charge in [0.25, 0.3) is 0 Å². The molecule has 0 aliphatic carbocycles. The molecule has 2 rings (SSSR count). The summed E-state index contributed by atoms with van der Waals surface area (Å²) in [6.07, 6.45) is 4.22. The van der Waals surface area contributed by atoms with Gasteiger partial charge in [-0.05, 0) is 18.2 Å². The van der Waals surface area contributed by atoms with E-state index in [1.807, 2.05) is 5.38 Å². The van der Waals surface area contributed by atoms with E-state index in [2.05, 4.69) is 9.97 Å². The summed E-state index contributed by atoms with van der Waals surface area (Å²) in [5, 5.41) is 10.4. The van der Waals surface area contributed by atoms with Gasteiger partial charge in [-0.2, -0.15) is 0 Å². The average molecular weight is 236 g/mol. The van der Waals surface area contributed by atoms with E-state index in [1.165, 1.54) is 17.7 Å². The van der Waals surface area contributed by atoms with E-state index in [9.17, 15) is 4.39 Å². The zero-order valence-corrected chi connectivity index (χ0v) is 9.12. The first-order valence-electron chi connectivity index (χ1n) is 4.63. The quantitative estimate of drug-likeness (QED) is 0.890. The molecule has 0 amide bonds. The minimum Gasteiger partial charge on any atom is -0.392 e. The fraction of sp³-hybridized carbons (Fsp3) is 0.0909. The zero-order valence-electron chi connectivity index (χ0n) is 8.30. The van der Waals surface area contributed by atoms with Crippen molar-refractivity contribution in [3.8, 4) is 11.3 Å². The second kappa shape index (κ2) is 4.96. The Bertz CT molecular complexity index is 496. The number of rotatable bonds is 3. The van der Waals surface area contributed by atoms with Crippen molar-refractivity contribution in [2.75, 3.05) is 6.61 Å². The van der Waals surface area contributed by atoms with Crippen LogP contribution in [-0.4, -0.2) is 21.7 Å². The Morgan fingerprint density at radius 3 is 3.12 bits per heavy atom. The summed E-state index contributed by atoms with van der Waals surface area (Å²) in [6.45, 7) is -0.299. The Balaban J connectivity index is 2.30. The maximum Gasteiger partial charge on any atom is 0.138 e. The monoisotopic (exact) mass is 236 g/mol. The van der Waals surface area contributed by atoms with Gasteiger partial charge in [0.15, 0.2) is 0 Å². The van der Waals surface area contributed by atoms with E-state index in [-0.39, 0.29) is 6.61 Å². The number of aromatic nitrogens is 2. The van der Waals surface area contributed by atoms with Crippen molar-refractivity contribution in [1.29, 1.82) is 0 Å². The third kappa shape index (κ3) is 2.32. The van der Waals surface area contributed by atoms with Crippen LogP contribution in [0.3, 0.4) is 0 Å². The molecule has 0 bridgehead atoms. The molecular weight excluding hydrogens is 227 g/mol. The summed E-state index contributed by atoms with van der Waals surface area (Å²) < 4.78 is 13.3. The van der Waals surface area contributed by atoms with Gasteiger partial charge in [0, 0.05) is 17.1 Å². The lowest BCUT2D eigenvalue weighted by Crippen LogP contribution is -1.81. The molecule has 1 N–H and O–H groups in total. The van der Waals surface area contributed by atoms with Crippen molar-refractivity contribution in [3.05, 3.63) is 41.0 Å². The molecule has 0 saturated carbocycles. The van der Waals surface area contributed by atoms with E-state index in [4.69, 9.17) is 5.11 Å². The van der Waals surface area contributed by atoms with E-state index in [1.54, 1.807) is 18.3 Å². The number of halogens is 1. The fourth-order valence-electron chi connectivity index (χ4n) is 1.24. The average Bonchev–Trinajstić information content (AvgIpc) is 2.80. The van der Waals surface area contributed by atoms with Crippen LogP contribution < -0.4 is 0 Å². The van der Waals surface area contributed by atoms with Crippen LogP contribution in [0.2, 0.25) is 0 Å². The van der Waals surface area contributed by atoms with Crippen molar-refractivity contribution < 1.29 is 9.50 Å². The van der Waals surface area contributed by atoms with Crippen molar-refractivity contribution in [3.63, 3.8) is 0 Å². The maximum atomic E-state index is 13.3. The van der Waals surface area contributed by atoms with Gasteiger partial charge in [-0.15, -0.1) is 11.3 Å². The lowest BCUT2D eigenvalue weighted by atomic mass is 10.2. The second-order valence-electron chi connectivity index (χ2n) is 3.03. The van der Waals surface area contributed by atoms with E-state index in [0.29, 0.717) is 4.88 Å². The summed E-state index contributed by atoms with van der Waals surface area (Å²) in [5.74, 6) is -0.409. The minimum atomic E-state index is -0.409. The number of hydrogen-bond donors (Lipinski definition) is 1. The number of thiophene rings is 1. The van der Waals surface area contributed by atoms with E-state index < -0.39 is 5.83 Å². The van der Waals surface area contributed by atoms with Crippen LogP contribution in [0.15, 0.2) is 36.1 Å². The smallest absolute Gasteiger partial charge is 0.138 e. The van der Waals surface area contributed by atoms with Crippen molar-refractivity contribution in [1.82, 2.24) is 9.97 Å². The molecule has 0 fully saturated rings. The molecule has 5 heteroatoms. The zero-order chi connectivity index (χ0) is 11.4. The fourth-order valence-corrected chi connectivity index (χ4v) is 2.07. The molecule has 0 saturated heterocycles. The molecule has 0 atom stereocenters. The highest BCUT2D eigenvalue weighted by atomic mass is 32.1. The van der Waals surface area contributed by atoms with Crippen molar-refractivity contribution in [2.24, 2.45) is 0 Å². The molecule has 2 aromatic heterocycles. The summed E-state index contributed by atoms with van der Waals surface area (Å²) in [4.78, 5) is 8.38. The Hall–Kier alpha value is -1.59. The normalized spacial score (nSPS) is 11.8. The predicted octanol–water partition coefficient (Wildman–Crippen LogP) is 2.51. The Kier molecular flexibility index (Phi) is 3.38. The van der Waals surface area contributed by atoms with Crippen LogP contribution in [-0.2, 0) is 0 Å². The van der Waals surface area contributed by atoms with Gasteiger partial charge < -0.3 is 5.11 Å². The molecule has 0 radical (unpaired) electrons. The van der Waals surface area contributed by atoms with Gasteiger partial charge in [-0.3, -0.25) is 0 Å². The van der Waals surface area contributed by atoms with Crippen molar-refractivity contribution in [2.45, 2.75) is 0 Å². The van der Waals surface area contributed by atoms with Gasteiger partial charge in [0.05, 0.1) is 17.2 Å². The predicted molar refractivity (Wildman–Crippen MR) is 61.5 cm³/mol. The maximum absolute atomic E-state index is 13.3. The highest BCUT2D eigenvalue weighted by Gasteiger charge is 2.06. The molecule has 0 unspecified atom stereocenters. The van der Waals surface area contributed by atoms with Crippen LogP contribution in [0.1, 0.15) is 4.88 Å². The molecule has 2 aromatic rings. The molecular formula is C11H9FN2OS. The van der Waals surface area contributed by atoms with Crippen LogP contribution in [0, 0.1) is 0 Å². The largest absolute Gasteiger partial charge is 0.392 e. The number of aliphatic hydroxyl groups excluding tert-OH is 1. The standard InChI is InChI=1S/C11H9FN2OS/c12-9(2-4-15)11-5-8(6-16-11)10-1-3-13-7-14-10/h1-3,5-7,15H,4H2/b9-2+. The molecule has 16 heavy (non-hydrogen) atoms. The Morgan fingerprint density at radius 1 is 1.56 bits per heavy atom. The van der Waals surface area contributed by atoms with Gasteiger partial charge in [0.2, 0.25) is 0 Å². The van der Waals surface area contributed by atoms with Crippen LogP contribution in [0.25, 0.3) is 17.1 Å². The van der Waals surface area contributed by atoms with Gasteiger partial charge in [-0.25, -0.2) is 14.4 Å². The Labute approximate surface area is 95.9 Å². The third-order valence-corrected chi connectivity index (χ3v) is 2.92. The van der Waals surface area contributed by atoms with Crippen LogP contribution >= 0.6 is 11.3 Å². The number of hydrogen-bond acceptors (Lipinski definition) is 4. The lowest BCUT2D eigenvalue weighted by Gasteiger charge is -1.93. The minimum absolute atomic E-state index is 0.299. The molecule has 2 heterocycles. The molecule has 3 nitrogen and oxygen atoms in total. The highest BCUT2D eigenvalue weighted by Crippen LogP contribution is 2.29. The van der Waals surface area contributed by atoms with E-state index in [0.717, 1.165) is 17.3 Å². The third-order valence-electron chi connectivity index (χ3n) is 1.98. The SMILES string of the molecule is OC/C=C(/F)c1cc(-c2ccncn2)cs1. The Morgan fingerprint density at radius 2 is 2.44 bits per heavy atom. The van der Waals surface area contributed by atoms with Crippen LogP contribution in [0.4, 0.5) is 4.39 Å². The van der Waals surface area contributed by atoms with Gasteiger partial charge >= 0.3 is 0 Å². The summed E-state index contributed by atoms with van der Waals surface area (Å²) in [6, 6.07) is 3.47. The first kappa shape index (κ1) is 10.9. The molecule has 0 aliphatic rings. The first-order chi connectivity index (χ1) is 7.81. The first-order valence-corrected chi connectivity index (χ1v) is 5.51. The topological polar surface area (TPSA) is 46.0 Å². The molecule has 82 valence electrons. The number of aliphatic hydroxyl groups is 1. The number of nitrogens with zero attached hydrogens (tertiary/aromatic N) is 2. The van der Waals surface area contributed by atoms with Crippen LogP contribution in [0.5, 0.6) is 0 Å². The summed E-state index contributed by atoms with van der Waals surface area (Å²) >= 11 is 1.28. The lowest BCUT2D eigenvalue weighted by molar-refractivity contribution is 0.342. The van der Waals surface area contributed by atoms with Gasteiger partial charge in [0.1, 0.15) is 12.2 Å². The summed E-state index contributed by atoms with van der Waals surface area (Å²) in [7, 11) is 0. The van der Waals surface area contributed by atoms with E-state index >= 15 is 0 Å².